The number of hydrogen-bond acceptors (Lipinski definition) is 10. The highest BCUT2D eigenvalue weighted by Gasteiger charge is 2.19. The normalized spacial score (nSPS) is 11.5. The number of nitrogens with zero attached hydrogens (tertiary/aromatic N) is 8. The number of aromatic nitrogens is 8. The van der Waals surface area contributed by atoms with Gasteiger partial charge in [-0.2, -0.15) is 9.03 Å². The fraction of sp³-hybridized carbons (Fsp3) is 0.0909. The minimum Gasteiger partial charge on any atom is -0.265 e. The molecule has 0 saturated carbocycles. The number of rotatable bonds is 5. The van der Waals surface area contributed by atoms with Crippen molar-refractivity contribution in [2.24, 2.45) is 0 Å². The van der Waals surface area contributed by atoms with Crippen LogP contribution in [-0.4, -0.2) is 39.6 Å². The van der Waals surface area contributed by atoms with Gasteiger partial charge in [0.2, 0.25) is 9.92 Å². The van der Waals surface area contributed by atoms with Crippen LogP contribution in [0, 0.1) is 0 Å². The van der Waals surface area contributed by atoms with Gasteiger partial charge in [-0.05, 0) is 35.4 Å². The Labute approximate surface area is 219 Å². The monoisotopic (exact) mass is 554 g/mol. The zero-order chi connectivity index (χ0) is 24.8. The maximum atomic E-state index is 13.0. The van der Waals surface area contributed by atoms with E-state index in [-0.39, 0.29) is 22.5 Å². The van der Waals surface area contributed by atoms with Gasteiger partial charge >= 0.3 is 0 Å². The molecule has 0 fully saturated rings. The molecular formula is C22H12Cl2N8O2S2. The Hall–Kier alpha value is -3.58. The molecule has 6 aromatic rings. The topological polar surface area (TPSA) is 120 Å². The van der Waals surface area contributed by atoms with Crippen molar-refractivity contribution in [3.63, 3.8) is 0 Å². The van der Waals surface area contributed by atoms with Gasteiger partial charge in [-0.1, -0.05) is 70.1 Å². The number of fused-ring (bicyclic) bond motifs is 2. The van der Waals surface area contributed by atoms with E-state index in [0.717, 1.165) is 33.8 Å². The van der Waals surface area contributed by atoms with Gasteiger partial charge in [0, 0.05) is 22.9 Å². The van der Waals surface area contributed by atoms with Crippen molar-refractivity contribution in [1.29, 1.82) is 0 Å². The summed E-state index contributed by atoms with van der Waals surface area (Å²) in [5.74, 6) is 0. The molecule has 10 nitrogen and oxygen atoms in total. The first kappa shape index (κ1) is 22.9. The maximum Gasteiger partial charge on any atom is 0.297 e. The minimum atomic E-state index is -0.374. The predicted octanol–water partition coefficient (Wildman–Crippen LogP) is 3.56. The summed E-state index contributed by atoms with van der Waals surface area (Å²) in [6, 6.07) is 14.3. The lowest BCUT2D eigenvalue weighted by Gasteiger charge is -2.00. The van der Waals surface area contributed by atoms with E-state index in [0.29, 0.717) is 42.8 Å². The Balaban J connectivity index is 1.34. The predicted molar refractivity (Wildman–Crippen MR) is 137 cm³/mol. The van der Waals surface area contributed by atoms with Crippen LogP contribution in [0.25, 0.3) is 19.9 Å². The van der Waals surface area contributed by atoms with Crippen LogP contribution in [0.5, 0.6) is 0 Å². The van der Waals surface area contributed by atoms with Gasteiger partial charge in [-0.3, -0.25) is 9.59 Å². The molecule has 0 aliphatic rings. The minimum absolute atomic E-state index is 0.255. The van der Waals surface area contributed by atoms with Crippen molar-refractivity contribution in [2.45, 2.75) is 12.8 Å². The molecule has 178 valence electrons. The molecule has 0 amide bonds. The lowest BCUT2D eigenvalue weighted by Crippen LogP contribution is -2.22. The Morgan fingerprint density at radius 2 is 1.00 bits per heavy atom. The highest BCUT2D eigenvalue weighted by atomic mass is 35.5. The summed E-state index contributed by atoms with van der Waals surface area (Å²) in [5, 5.41) is 27.3. The van der Waals surface area contributed by atoms with Gasteiger partial charge in [-0.15, -0.1) is 30.6 Å². The Morgan fingerprint density at radius 1 is 0.611 bits per heavy atom. The average molecular weight is 555 g/mol. The second-order valence-electron chi connectivity index (χ2n) is 7.71. The van der Waals surface area contributed by atoms with E-state index in [1.165, 1.54) is 9.03 Å². The quantitative estimate of drug-likeness (QED) is 0.317. The van der Waals surface area contributed by atoms with Gasteiger partial charge in [0.15, 0.2) is 10.0 Å². The smallest absolute Gasteiger partial charge is 0.265 e. The third-order valence-corrected chi connectivity index (χ3v) is 7.71. The van der Waals surface area contributed by atoms with Crippen molar-refractivity contribution in [2.75, 3.05) is 0 Å². The molecule has 0 saturated heterocycles. The third-order valence-electron chi connectivity index (χ3n) is 5.26. The molecule has 0 aliphatic carbocycles. The summed E-state index contributed by atoms with van der Waals surface area (Å²) in [7, 11) is 0. The highest BCUT2D eigenvalue weighted by molar-refractivity contribution is 7.25. The van der Waals surface area contributed by atoms with Crippen LogP contribution in [0.3, 0.4) is 0 Å². The first-order chi connectivity index (χ1) is 17.4. The molecule has 6 rings (SSSR count). The number of halogens is 2. The zero-order valence-electron chi connectivity index (χ0n) is 18.0. The third kappa shape index (κ3) is 4.28. The molecule has 4 aromatic heterocycles. The number of benzene rings is 2. The summed E-state index contributed by atoms with van der Waals surface area (Å²) in [5.41, 5.74) is 1.51. The van der Waals surface area contributed by atoms with E-state index in [2.05, 4.69) is 30.6 Å². The lowest BCUT2D eigenvalue weighted by atomic mass is 10.1. The standard InChI is InChI=1S/C22H12Cl2N8O2S2/c23-13-5-1-11(2-6-13)9-15-19(33)31-21(27-25-15)35-17(29-31)18-30-32-20(34)16(26-28-22(32)36-18)10-12-3-7-14(24)8-4-12/h1-8H,9-10H2. The van der Waals surface area contributed by atoms with Crippen molar-refractivity contribution >= 4 is 55.8 Å². The van der Waals surface area contributed by atoms with Gasteiger partial charge in [0.05, 0.1) is 0 Å². The highest BCUT2D eigenvalue weighted by Crippen LogP contribution is 2.27. The molecular weight excluding hydrogens is 543 g/mol. The fourth-order valence-electron chi connectivity index (χ4n) is 3.48. The molecule has 36 heavy (non-hydrogen) atoms. The van der Waals surface area contributed by atoms with E-state index < -0.39 is 0 Å². The van der Waals surface area contributed by atoms with Crippen molar-refractivity contribution in [1.82, 2.24) is 39.6 Å². The van der Waals surface area contributed by atoms with Crippen LogP contribution in [0.15, 0.2) is 58.1 Å². The van der Waals surface area contributed by atoms with Crippen molar-refractivity contribution in [3.05, 3.63) is 102 Å². The first-order valence-corrected chi connectivity index (χ1v) is 12.8. The summed E-state index contributed by atoms with van der Waals surface area (Å²) in [4.78, 5) is 26.6. The van der Waals surface area contributed by atoms with Crippen LogP contribution >= 0.6 is 45.9 Å². The molecule has 0 atom stereocenters. The van der Waals surface area contributed by atoms with Crippen LogP contribution in [0.1, 0.15) is 22.5 Å². The molecule has 0 bridgehead atoms. The maximum absolute atomic E-state index is 13.0. The summed E-state index contributed by atoms with van der Waals surface area (Å²) >= 11 is 14.2. The van der Waals surface area contributed by atoms with E-state index in [1.807, 2.05) is 24.3 Å². The zero-order valence-corrected chi connectivity index (χ0v) is 21.1. The Bertz CT molecular complexity index is 1720. The number of hydrogen-bond donors (Lipinski definition) is 0. The second kappa shape index (κ2) is 9.13. The van der Waals surface area contributed by atoms with Crippen LogP contribution < -0.4 is 11.1 Å². The van der Waals surface area contributed by atoms with Crippen molar-refractivity contribution in [3.8, 4) is 10.0 Å². The van der Waals surface area contributed by atoms with Crippen molar-refractivity contribution < 1.29 is 0 Å². The van der Waals surface area contributed by atoms with Gasteiger partial charge in [0.25, 0.3) is 11.1 Å². The van der Waals surface area contributed by atoms with E-state index in [1.54, 1.807) is 24.3 Å². The lowest BCUT2D eigenvalue weighted by molar-refractivity contribution is 0.800. The molecule has 2 aromatic carbocycles. The van der Waals surface area contributed by atoms with E-state index in [9.17, 15) is 9.59 Å². The molecule has 0 aliphatic heterocycles. The Morgan fingerprint density at radius 3 is 1.39 bits per heavy atom. The summed E-state index contributed by atoms with van der Waals surface area (Å²) in [6.45, 7) is 0. The summed E-state index contributed by atoms with van der Waals surface area (Å²) < 4.78 is 2.40. The van der Waals surface area contributed by atoms with E-state index >= 15 is 0 Å². The molecule has 0 radical (unpaired) electrons. The van der Waals surface area contributed by atoms with Crippen LogP contribution in [0.2, 0.25) is 10.0 Å². The van der Waals surface area contributed by atoms with Gasteiger partial charge in [0.1, 0.15) is 11.4 Å². The average Bonchev–Trinajstić information content (AvgIpc) is 3.51. The van der Waals surface area contributed by atoms with E-state index in [4.69, 9.17) is 23.2 Å². The SMILES string of the molecule is O=c1c(Cc2ccc(Cl)cc2)nnc2sc(-c3nn4c(=O)c(Cc5ccc(Cl)cc5)nnc4s3)nn12. The Kier molecular flexibility index (Phi) is 5.80. The van der Waals surface area contributed by atoms with Crippen LogP contribution in [0.4, 0.5) is 0 Å². The largest absolute Gasteiger partial charge is 0.297 e. The van der Waals surface area contributed by atoms with Gasteiger partial charge < -0.3 is 0 Å². The molecule has 4 heterocycles. The van der Waals surface area contributed by atoms with Crippen LogP contribution in [-0.2, 0) is 12.8 Å². The molecule has 0 unspecified atom stereocenters. The summed E-state index contributed by atoms with van der Waals surface area (Å²) in [6.07, 6.45) is 0.586. The molecule has 14 heteroatoms. The second-order valence-corrected chi connectivity index (χ2v) is 10.5. The van der Waals surface area contributed by atoms with Gasteiger partial charge in [-0.25, -0.2) is 0 Å². The fourth-order valence-corrected chi connectivity index (χ4v) is 5.41. The molecule has 0 spiro atoms. The first-order valence-electron chi connectivity index (χ1n) is 10.4. The molecule has 0 N–H and O–H groups in total.